The summed E-state index contributed by atoms with van der Waals surface area (Å²) in [6.07, 6.45) is 0. The highest BCUT2D eigenvalue weighted by Gasteiger charge is 2.18. The van der Waals surface area contributed by atoms with E-state index in [9.17, 15) is 0 Å². The van der Waals surface area contributed by atoms with Crippen LogP contribution in [0.3, 0.4) is 0 Å². The van der Waals surface area contributed by atoms with Crippen molar-refractivity contribution < 1.29 is 0 Å². The molecule has 7 nitrogen and oxygen atoms in total. The van der Waals surface area contributed by atoms with Crippen molar-refractivity contribution >= 4 is 22.1 Å². The summed E-state index contributed by atoms with van der Waals surface area (Å²) in [5.41, 5.74) is 12.9. The SMILES string of the molecule is c1ccc(-c2cccc(-c3nc(-c4ccc(-c5nc6ccccc6n5-c5ccccc5)cc4)nc(-c4ccc(-c5nc6ccccc6n5-c5ccccc5)cc4)n3)c2)cc1. The van der Waals surface area contributed by atoms with Gasteiger partial charge < -0.3 is 0 Å². The first kappa shape index (κ1) is 34.9. The second-order valence-corrected chi connectivity index (χ2v) is 14.6. The van der Waals surface area contributed by atoms with Gasteiger partial charge in [-0.05, 0) is 65.7 Å². The van der Waals surface area contributed by atoms with Gasteiger partial charge in [-0.1, -0.05) is 158 Å². The van der Waals surface area contributed by atoms with E-state index in [4.69, 9.17) is 24.9 Å². The molecule has 0 amide bonds. The second-order valence-electron chi connectivity index (χ2n) is 14.6. The van der Waals surface area contributed by atoms with Gasteiger partial charge in [-0.15, -0.1) is 0 Å². The van der Waals surface area contributed by atoms with Crippen molar-refractivity contribution in [2.45, 2.75) is 0 Å². The number of hydrogen-bond donors (Lipinski definition) is 0. The van der Waals surface area contributed by atoms with Crippen LogP contribution in [0, 0.1) is 0 Å². The molecule has 0 N–H and O–H groups in total. The van der Waals surface area contributed by atoms with E-state index in [1.54, 1.807) is 0 Å². The van der Waals surface area contributed by atoms with E-state index >= 15 is 0 Å². The Morgan fingerprint density at radius 2 is 0.617 bits per heavy atom. The number of rotatable bonds is 8. The minimum atomic E-state index is 0.582. The molecule has 0 unspecified atom stereocenters. The minimum Gasteiger partial charge on any atom is -0.292 e. The fraction of sp³-hybridized carbons (Fsp3) is 0. The summed E-state index contributed by atoms with van der Waals surface area (Å²) < 4.78 is 4.42. The molecule has 0 saturated carbocycles. The lowest BCUT2D eigenvalue weighted by atomic mass is 10.0. The first-order valence-corrected chi connectivity index (χ1v) is 19.9. The summed E-state index contributed by atoms with van der Waals surface area (Å²) in [5, 5.41) is 0. The Bertz CT molecular complexity index is 3100. The molecule has 0 aliphatic heterocycles. The predicted molar refractivity (Wildman–Crippen MR) is 242 cm³/mol. The minimum absolute atomic E-state index is 0.582. The molecule has 11 aromatic rings. The molecule has 0 radical (unpaired) electrons. The summed E-state index contributed by atoms with van der Waals surface area (Å²) in [5.74, 6) is 3.49. The number of hydrogen-bond acceptors (Lipinski definition) is 5. The van der Waals surface area contributed by atoms with E-state index in [-0.39, 0.29) is 0 Å². The van der Waals surface area contributed by atoms with Crippen LogP contribution in [-0.4, -0.2) is 34.1 Å². The molecule has 7 heteroatoms. The van der Waals surface area contributed by atoms with E-state index in [2.05, 4.69) is 191 Å². The quantitative estimate of drug-likeness (QED) is 0.154. The van der Waals surface area contributed by atoms with Crippen molar-refractivity contribution in [3.05, 3.63) is 212 Å². The van der Waals surface area contributed by atoms with Crippen LogP contribution in [0.25, 0.3) is 102 Å². The third-order valence-electron chi connectivity index (χ3n) is 10.8. The van der Waals surface area contributed by atoms with Gasteiger partial charge in [0.2, 0.25) is 0 Å². The Labute approximate surface area is 346 Å². The molecule has 8 aromatic carbocycles. The number of nitrogens with zero attached hydrogens (tertiary/aromatic N) is 7. The Hall–Kier alpha value is -8.29. The van der Waals surface area contributed by atoms with Crippen molar-refractivity contribution in [3.63, 3.8) is 0 Å². The molecule has 0 saturated heterocycles. The molecule has 0 aliphatic rings. The molecule has 60 heavy (non-hydrogen) atoms. The standard InChI is InChI=1S/C53H35N7/c1-4-15-36(16-5-1)41-17-14-18-42(35-41)51-57-49(37-27-31-39(32-28-37)52-54-45-23-10-12-25-47(45)59(52)43-19-6-2-7-20-43)56-50(58-51)38-29-33-40(34-30-38)53-55-46-24-11-13-26-48(46)60(53)44-21-8-3-9-22-44/h1-35H. The highest BCUT2D eigenvalue weighted by Crippen LogP contribution is 2.34. The highest BCUT2D eigenvalue weighted by molar-refractivity contribution is 5.85. The van der Waals surface area contributed by atoms with E-state index in [0.29, 0.717) is 17.5 Å². The Morgan fingerprint density at radius 1 is 0.250 bits per heavy atom. The fourth-order valence-corrected chi connectivity index (χ4v) is 7.88. The first-order valence-electron chi connectivity index (χ1n) is 19.9. The molecule has 0 bridgehead atoms. The smallest absolute Gasteiger partial charge is 0.164 e. The van der Waals surface area contributed by atoms with E-state index in [1.165, 1.54) is 0 Å². The maximum atomic E-state index is 5.12. The Balaban J connectivity index is 1.01. The number of aromatic nitrogens is 7. The third-order valence-corrected chi connectivity index (χ3v) is 10.8. The zero-order chi connectivity index (χ0) is 39.8. The average molecular weight is 770 g/mol. The van der Waals surface area contributed by atoms with Crippen LogP contribution in [0.4, 0.5) is 0 Å². The fourth-order valence-electron chi connectivity index (χ4n) is 7.88. The molecule has 0 spiro atoms. The molecule has 3 heterocycles. The van der Waals surface area contributed by atoms with Crippen LogP contribution in [-0.2, 0) is 0 Å². The lowest BCUT2D eigenvalue weighted by Gasteiger charge is -2.12. The van der Waals surface area contributed by atoms with Crippen LogP contribution in [0.15, 0.2) is 212 Å². The van der Waals surface area contributed by atoms with Crippen molar-refractivity contribution in [2.75, 3.05) is 0 Å². The van der Waals surface area contributed by atoms with E-state index in [0.717, 1.165) is 84.0 Å². The summed E-state index contributed by atoms with van der Waals surface area (Å²) in [6, 6.07) is 72.6. The van der Waals surface area contributed by atoms with Crippen molar-refractivity contribution in [3.8, 4) is 79.4 Å². The Kier molecular flexibility index (Phi) is 8.67. The summed E-state index contributed by atoms with van der Waals surface area (Å²) in [7, 11) is 0. The molecule has 0 aliphatic carbocycles. The number of para-hydroxylation sites is 6. The molecular formula is C53H35N7. The van der Waals surface area contributed by atoms with Crippen molar-refractivity contribution in [1.82, 2.24) is 34.1 Å². The molecule has 3 aromatic heterocycles. The highest BCUT2D eigenvalue weighted by atomic mass is 15.1. The lowest BCUT2D eigenvalue weighted by Crippen LogP contribution is -2.01. The Morgan fingerprint density at radius 3 is 1.10 bits per heavy atom. The molecule has 11 rings (SSSR count). The van der Waals surface area contributed by atoms with Gasteiger partial charge in [-0.25, -0.2) is 24.9 Å². The van der Waals surface area contributed by atoms with Gasteiger partial charge >= 0.3 is 0 Å². The van der Waals surface area contributed by atoms with Gasteiger partial charge in [0, 0.05) is 39.2 Å². The largest absolute Gasteiger partial charge is 0.292 e. The summed E-state index contributed by atoms with van der Waals surface area (Å²) >= 11 is 0. The zero-order valence-corrected chi connectivity index (χ0v) is 32.3. The van der Waals surface area contributed by atoms with Gasteiger partial charge in [0.15, 0.2) is 17.5 Å². The normalized spacial score (nSPS) is 11.3. The van der Waals surface area contributed by atoms with Crippen LogP contribution < -0.4 is 0 Å². The first-order chi connectivity index (χ1) is 29.7. The lowest BCUT2D eigenvalue weighted by molar-refractivity contribution is 1.07. The van der Waals surface area contributed by atoms with Gasteiger partial charge in [-0.2, -0.15) is 0 Å². The molecule has 0 atom stereocenters. The average Bonchev–Trinajstić information content (AvgIpc) is 3.92. The number of benzene rings is 8. The van der Waals surface area contributed by atoms with Crippen molar-refractivity contribution in [2.24, 2.45) is 0 Å². The van der Waals surface area contributed by atoms with Gasteiger partial charge in [0.1, 0.15) is 11.6 Å². The van der Waals surface area contributed by atoms with Crippen LogP contribution >= 0.6 is 0 Å². The second kappa shape index (κ2) is 14.9. The monoisotopic (exact) mass is 769 g/mol. The summed E-state index contributed by atoms with van der Waals surface area (Å²) in [4.78, 5) is 25.5. The van der Waals surface area contributed by atoms with Crippen LogP contribution in [0.2, 0.25) is 0 Å². The zero-order valence-electron chi connectivity index (χ0n) is 32.3. The van der Waals surface area contributed by atoms with Gasteiger partial charge in [0.25, 0.3) is 0 Å². The maximum absolute atomic E-state index is 5.12. The topological polar surface area (TPSA) is 74.3 Å². The van der Waals surface area contributed by atoms with Crippen LogP contribution in [0.5, 0.6) is 0 Å². The van der Waals surface area contributed by atoms with Gasteiger partial charge in [0.05, 0.1) is 22.1 Å². The molecule has 282 valence electrons. The van der Waals surface area contributed by atoms with Crippen LogP contribution in [0.1, 0.15) is 0 Å². The number of fused-ring (bicyclic) bond motifs is 2. The third kappa shape index (κ3) is 6.40. The van der Waals surface area contributed by atoms with Gasteiger partial charge in [-0.3, -0.25) is 9.13 Å². The molecule has 0 fully saturated rings. The number of imidazole rings is 2. The van der Waals surface area contributed by atoms with Crippen molar-refractivity contribution in [1.29, 1.82) is 0 Å². The summed E-state index contributed by atoms with van der Waals surface area (Å²) in [6.45, 7) is 0. The molecular weight excluding hydrogens is 735 g/mol. The van der Waals surface area contributed by atoms with E-state index < -0.39 is 0 Å². The maximum Gasteiger partial charge on any atom is 0.164 e. The predicted octanol–water partition coefficient (Wildman–Crippen LogP) is 12.6. The van der Waals surface area contributed by atoms with E-state index in [1.807, 2.05) is 30.3 Å².